The van der Waals surface area contributed by atoms with Crippen molar-refractivity contribution in [1.82, 2.24) is 15.8 Å². The molecule has 4 nitrogen and oxygen atoms in total. The molecule has 2 N–H and O–H groups in total. The number of likely N-dealkylation sites (N-methyl/N-ethyl adjacent to an activating group) is 1. The monoisotopic (exact) mass is 287 g/mol. The molecular formula is C17H25N3O. The van der Waals surface area contributed by atoms with Gasteiger partial charge >= 0.3 is 0 Å². The van der Waals surface area contributed by atoms with Gasteiger partial charge in [-0.15, -0.1) is 0 Å². The lowest BCUT2D eigenvalue weighted by Gasteiger charge is -2.22. The van der Waals surface area contributed by atoms with Crippen LogP contribution in [0, 0.1) is 5.92 Å². The first-order valence-corrected chi connectivity index (χ1v) is 7.61. The van der Waals surface area contributed by atoms with Gasteiger partial charge in [0.2, 0.25) is 5.91 Å². The number of hydrazine groups is 1. The molecule has 0 bridgehead atoms. The van der Waals surface area contributed by atoms with Crippen LogP contribution < -0.4 is 10.9 Å². The van der Waals surface area contributed by atoms with Crippen molar-refractivity contribution in [3.05, 3.63) is 42.0 Å². The van der Waals surface area contributed by atoms with E-state index in [1.54, 1.807) is 4.90 Å². The quantitative estimate of drug-likeness (QED) is 0.871. The molecule has 1 heterocycles. The van der Waals surface area contributed by atoms with E-state index in [4.69, 9.17) is 0 Å². The van der Waals surface area contributed by atoms with Crippen molar-refractivity contribution in [3.8, 4) is 0 Å². The van der Waals surface area contributed by atoms with Crippen LogP contribution >= 0.6 is 0 Å². The van der Waals surface area contributed by atoms with Gasteiger partial charge in [-0.3, -0.25) is 10.2 Å². The lowest BCUT2D eigenvalue weighted by atomic mass is 9.94. The molecule has 3 unspecified atom stereocenters. The van der Waals surface area contributed by atoms with E-state index < -0.39 is 0 Å². The van der Waals surface area contributed by atoms with Gasteiger partial charge in [0, 0.05) is 19.6 Å². The maximum absolute atomic E-state index is 12.4. The fraction of sp³-hybridized carbons (Fsp3) is 0.471. The number of amides is 1. The molecule has 1 saturated heterocycles. The van der Waals surface area contributed by atoms with E-state index in [0.29, 0.717) is 18.5 Å². The van der Waals surface area contributed by atoms with E-state index >= 15 is 0 Å². The zero-order valence-electron chi connectivity index (χ0n) is 13.0. The summed E-state index contributed by atoms with van der Waals surface area (Å²) in [4.78, 5) is 14.2. The van der Waals surface area contributed by atoms with E-state index in [-0.39, 0.29) is 11.9 Å². The average Bonchev–Trinajstić information content (AvgIpc) is 2.88. The van der Waals surface area contributed by atoms with Crippen LogP contribution in [0.3, 0.4) is 0 Å². The summed E-state index contributed by atoms with van der Waals surface area (Å²) in [6.07, 6.45) is 5.09. The van der Waals surface area contributed by atoms with Crippen molar-refractivity contribution in [3.63, 3.8) is 0 Å². The Morgan fingerprint density at radius 1 is 1.29 bits per heavy atom. The summed E-state index contributed by atoms with van der Waals surface area (Å²) in [5, 5.41) is 0. The number of nitrogens with zero attached hydrogens (tertiary/aromatic N) is 1. The maximum atomic E-state index is 12.4. The molecule has 0 aliphatic carbocycles. The Labute approximate surface area is 127 Å². The molecule has 1 fully saturated rings. The molecule has 1 aliphatic heterocycles. The van der Waals surface area contributed by atoms with E-state index in [0.717, 1.165) is 12.0 Å². The predicted molar refractivity (Wildman–Crippen MR) is 86.4 cm³/mol. The Bertz CT molecular complexity index is 486. The fourth-order valence-corrected chi connectivity index (χ4v) is 2.69. The van der Waals surface area contributed by atoms with Gasteiger partial charge in [-0.05, 0) is 17.9 Å². The topological polar surface area (TPSA) is 44.4 Å². The largest absolute Gasteiger partial charge is 0.341 e. The normalized spacial score (nSPS) is 25.4. The van der Waals surface area contributed by atoms with Crippen LogP contribution in [-0.4, -0.2) is 36.5 Å². The van der Waals surface area contributed by atoms with Crippen LogP contribution in [-0.2, 0) is 4.79 Å². The Hall–Kier alpha value is -1.65. The zero-order chi connectivity index (χ0) is 15.2. The average molecular weight is 287 g/mol. The minimum Gasteiger partial charge on any atom is -0.341 e. The van der Waals surface area contributed by atoms with E-state index in [2.05, 4.69) is 36.8 Å². The number of hydrogen-bond donors (Lipinski definition) is 2. The summed E-state index contributed by atoms with van der Waals surface area (Å²) in [6, 6.07) is 10.3. The van der Waals surface area contributed by atoms with Crippen LogP contribution in [0.4, 0.5) is 0 Å². The summed E-state index contributed by atoms with van der Waals surface area (Å²) in [5.41, 5.74) is 7.49. The van der Waals surface area contributed by atoms with Crippen molar-refractivity contribution in [2.75, 3.05) is 13.6 Å². The lowest BCUT2D eigenvalue weighted by Crippen LogP contribution is -2.46. The first-order chi connectivity index (χ1) is 10.1. The third-order valence-corrected chi connectivity index (χ3v) is 4.16. The van der Waals surface area contributed by atoms with Crippen molar-refractivity contribution in [1.29, 1.82) is 0 Å². The third kappa shape index (κ3) is 3.93. The fourth-order valence-electron chi connectivity index (χ4n) is 2.69. The van der Waals surface area contributed by atoms with Crippen LogP contribution in [0.15, 0.2) is 36.4 Å². The van der Waals surface area contributed by atoms with Crippen molar-refractivity contribution in [2.24, 2.45) is 5.92 Å². The second kappa shape index (κ2) is 7.38. The summed E-state index contributed by atoms with van der Waals surface area (Å²) in [5.74, 6) is 0.451. The lowest BCUT2D eigenvalue weighted by molar-refractivity contribution is -0.132. The first-order valence-electron chi connectivity index (χ1n) is 7.61. The van der Waals surface area contributed by atoms with Gasteiger partial charge in [-0.25, -0.2) is 5.43 Å². The van der Waals surface area contributed by atoms with Gasteiger partial charge in [0.05, 0.1) is 0 Å². The van der Waals surface area contributed by atoms with Crippen LogP contribution in [0.25, 0.3) is 6.08 Å². The van der Waals surface area contributed by atoms with Gasteiger partial charge in [0.1, 0.15) is 6.04 Å². The van der Waals surface area contributed by atoms with Crippen LogP contribution in [0.5, 0.6) is 0 Å². The summed E-state index contributed by atoms with van der Waals surface area (Å²) < 4.78 is 0. The van der Waals surface area contributed by atoms with Crippen molar-refractivity contribution in [2.45, 2.75) is 32.4 Å². The molecule has 0 saturated carbocycles. The molecule has 1 aromatic rings. The van der Waals surface area contributed by atoms with Crippen molar-refractivity contribution < 1.29 is 4.79 Å². The molecule has 1 amide bonds. The van der Waals surface area contributed by atoms with Crippen LogP contribution in [0.1, 0.15) is 25.8 Å². The Morgan fingerprint density at radius 3 is 2.62 bits per heavy atom. The second-order valence-electron chi connectivity index (χ2n) is 5.67. The van der Waals surface area contributed by atoms with Gasteiger partial charge in [0.15, 0.2) is 0 Å². The molecule has 0 radical (unpaired) electrons. The second-order valence-corrected chi connectivity index (χ2v) is 5.67. The molecule has 1 aromatic carbocycles. The first kappa shape index (κ1) is 15.7. The smallest absolute Gasteiger partial charge is 0.241 e. The highest BCUT2D eigenvalue weighted by molar-refractivity contribution is 5.82. The summed E-state index contributed by atoms with van der Waals surface area (Å²) >= 11 is 0. The number of rotatable bonds is 5. The van der Waals surface area contributed by atoms with Crippen LogP contribution in [0.2, 0.25) is 0 Å². The molecule has 3 atom stereocenters. The number of hydrogen-bond acceptors (Lipinski definition) is 3. The minimum absolute atomic E-state index is 0.134. The molecule has 1 aliphatic rings. The Balaban J connectivity index is 1.87. The van der Waals surface area contributed by atoms with Gasteiger partial charge in [-0.1, -0.05) is 56.3 Å². The van der Waals surface area contributed by atoms with Gasteiger partial charge in [-0.2, -0.15) is 0 Å². The Morgan fingerprint density at radius 2 is 2.00 bits per heavy atom. The molecule has 21 heavy (non-hydrogen) atoms. The predicted octanol–water partition coefficient (Wildman–Crippen LogP) is 2.05. The van der Waals surface area contributed by atoms with Crippen molar-refractivity contribution >= 4 is 12.0 Å². The molecule has 2 rings (SSSR count). The number of benzene rings is 1. The SMILES string of the molecule is CCC1NNC(C(=O)N(C)C/C=C/c2ccccc2)C1C. The standard InChI is InChI=1S/C17H25N3O/c1-4-15-13(2)16(19-18-15)17(21)20(3)12-8-11-14-9-6-5-7-10-14/h5-11,13,15-16,18-19H,4,12H2,1-3H3/b11-8+. The zero-order valence-corrected chi connectivity index (χ0v) is 13.0. The summed E-state index contributed by atoms with van der Waals surface area (Å²) in [7, 11) is 1.85. The molecule has 4 heteroatoms. The summed E-state index contributed by atoms with van der Waals surface area (Å²) in [6.45, 7) is 4.88. The molecule has 0 spiro atoms. The molecular weight excluding hydrogens is 262 g/mol. The number of carbonyl (C=O) groups is 1. The highest BCUT2D eigenvalue weighted by atomic mass is 16.2. The third-order valence-electron chi connectivity index (χ3n) is 4.16. The van der Waals surface area contributed by atoms with Gasteiger partial charge in [0.25, 0.3) is 0 Å². The maximum Gasteiger partial charge on any atom is 0.241 e. The van der Waals surface area contributed by atoms with E-state index in [9.17, 15) is 4.79 Å². The van der Waals surface area contributed by atoms with E-state index in [1.807, 2.05) is 37.4 Å². The highest BCUT2D eigenvalue weighted by Gasteiger charge is 2.36. The number of nitrogens with one attached hydrogen (secondary N) is 2. The highest BCUT2D eigenvalue weighted by Crippen LogP contribution is 2.18. The van der Waals surface area contributed by atoms with E-state index in [1.165, 1.54) is 0 Å². The van der Waals surface area contributed by atoms with Gasteiger partial charge < -0.3 is 4.90 Å². The molecule has 114 valence electrons. The molecule has 0 aromatic heterocycles. The minimum atomic E-state index is -0.134. The Kier molecular flexibility index (Phi) is 5.53. The number of carbonyl (C=O) groups excluding carboxylic acids is 1.